The van der Waals surface area contributed by atoms with Crippen molar-refractivity contribution >= 4 is 81.2 Å². The van der Waals surface area contributed by atoms with E-state index in [9.17, 15) is 0 Å². The Kier molecular flexibility index (Phi) is 5.51. The van der Waals surface area contributed by atoms with Crippen molar-refractivity contribution in [2.75, 3.05) is 5.32 Å². The maximum atomic E-state index is 5.16. The topological polar surface area (TPSA) is 29.3 Å². The molecule has 0 amide bonds. The summed E-state index contributed by atoms with van der Waals surface area (Å²) in [7, 11) is 0. The van der Waals surface area contributed by atoms with E-state index in [4.69, 9.17) is 4.99 Å². The van der Waals surface area contributed by atoms with Gasteiger partial charge in [-0.25, -0.2) is 4.99 Å². The third-order valence-electron chi connectivity index (χ3n) is 9.42. The van der Waals surface area contributed by atoms with Crippen LogP contribution in [0, 0.1) is 0 Å². The zero-order chi connectivity index (χ0) is 30.2. The van der Waals surface area contributed by atoms with Crippen molar-refractivity contribution in [3.63, 3.8) is 0 Å². The number of aromatic nitrogens is 1. The van der Waals surface area contributed by atoms with E-state index in [-0.39, 0.29) is 6.04 Å². The lowest BCUT2D eigenvalue weighted by atomic mass is 9.94. The zero-order valence-corrected chi connectivity index (χ0v) is 25.6. The molecule has 1 N–H and O–H groups in total. The highest BCUT2D eigenvalue weighted by Crippen LogP contribution is 2.48. The van der Waals surface area contributed by atoms with Crippen molar-refractivity contribution < 1.29 is 0 Å². The molecule has 1 aliphatic rings. The third-order valence-corrected chi connectivity index (χ3v) is 10.6. The van der Waals surface area contributed by atoms with Crippen LogP contribution in [0.15, 0.2) is 157 Å². The smallest absolute Gasteiger partial charge is 0.0947 e. The Morgan fingerprint density at radius 2 is 1.22 bits per heavy atom. The molecule has 0 radical (unpaired) electrons. The normalized spacial score (nSPS) is 14.6. The summed E-state index contributed by atoms with van der Waals surface area (Å²) in [5.74, 6) is 0. The van der Waals surface area contributed by atoms with Crippen molar-refractivity contribution in [3.05, 3.63) is 163 Å². The van der Waals surface area contributed by atoms with Crippen LogP contribution in [0.5, 0.6) is 0 Å². The Balaban J connectivity index is 1.22. The van der Waals surface area contributed by atoms with Gasteiger partial charge in [0, 0.05) is 31.9 Å². The lowest BCUT2D eigenvalue weighted by molar-refractivity contribution is 1.01. The fourth-order valence-electron chi connectivity index (χ4n) is 7.40. The molecule has 9 aromatic rings. The van der Waals surface area contributed by atoms with Crippen LogP contribution in [0.1, 0.15) is 17.2 Å². The number of fused-ring (bicyclic) bond motifs is 11. The van der Waals surface area contributed by atoms with Crippen molar-refractivity contribution in [1.82, 2.24) is 4.57 Å². The Bertz CT molecular complexity index is 2660. The first-order valence-corrected chi connectivity index (χ1v) is 16.5. The number of benzene rings is 7. The Labute approximate surface area is 269 Å². The van der Waals surface area contributed by atoms with E-state index in [1.54, 1.807) is 0 Å². The molecule has 0 saturated heterocycles. The molecule has 10 rings (SSSR count). The molecule has 216 valence electrons. The number of nitrogens with one attached hydrogen (secondary N) is 1. The van der Waals surface area contributed by atoms with Gasteiger partial charge in [0.1, 0.15) is 0 Å². The molecule has 0 bridgehead atoms. The van der Waals surface area contributed by atoms with Crippen LogP contribution in [0.3, 0.4) is 0 Å². The number of hydrogen-bond acceptors (Lipinski definition) is 3. The predicted octanol–water partition coefficient (Wildman–Crippen LogP) is 11.6. The Hall–Kier alpha value is -5.71. The summed E-state index contributed by atoms with van der Waals surface area (Å²) < 4.78 is 5.13. The summed E-state index contributed by atoms with van der Waals surface area (Å²) >= 11 is 1.90. The molecule has 4 heteroatoms. The molecule has 1 unspecified atom stereocenters. The molecule has 1 atom stereocenters. The van der Waals surface area contributed by atoms with Crippen LogP contribution in [-0.2, 0) is 0 Å². The van der Waals surface area contributed by atoms with E-state index in [0.29, 0.717) is 0 Å². The highest BCUT2D eigenvalue weighted by Gasteiger charge is 2.26. The van der Waals surface area contributed by atoms with Crippen LogP contribution in [-0.4, -0.2) is 10.3 Å². The number of para-hydroxylation sites is 3. The van der Waals surface area contributed by atoms with Crippen molar-refractivity contribution in [1.29, 1.82) is 0 Å². The number of hydrogen-bond donors (Lipinski definition) is 1. The summed E-state index contributed by atoms with van der Waals surface area (Å²) in [5.41, 5.74) is 9.01. The molecule has 0 aliphatic carbocycles. The fourth-order valence-corrected chi connectivity index (χ4v) is 8.66. The lowest BCUT2D eigenvalue weighted by Gasteiger charge is -2.28. The van der Waals surface area contributed by atoms with Gasteiger partial charge < -0.3 is 9.88 Å². The van der Waals surface area contributed by atoms with Crippen molar-refractivity contribution in [2.24, 2.45) is 4.99 Å². The van der Waals surface area contributed by atoms with Crippen LogP contribution >= 0.6 is 11.3 Å². The van der Waals surface area contributed by atoms with Gasteiger partial charge in [0.25, 0.3) is 0 Å². The summed E-state index contributed by atoms with van der Waals surface area (Å²) in [6.07, 6.45) is 0. The summed E-state index contributed by atoms with van der Waals surface area (Å²) in [4.78, 5) is 5.16. The van der Waals surface area contributed by atoms with Gasteiger partial charge in [-0.05, 0) is 58.3 Å². The summed E-state index contributed by atoms with van der Waals surface area (Å²) in [6, 6.07) is 54.5. The van der Waals surface area contributed by atoms with Gasteiger partial charge in [-0.2, -0.15) is 0 Å². The minimum absolute atomic E-state index is 0.0669. The number of thiophene rings is 1. The van der Waals surface area contributed by atoms with Gasteiger partial charge in [0.15, 0.2) is 0 Å². The van der Waals surface area contributed by atoms with Crippen LogP contribution < -0.4 is 5.32 Å². The van der Waals surface area contributed by atoms with Gasteiger partial charge in [-0.15, -0.1) is 11.3 Å². The third kappa shape index (κ3) is 3.68. The van der Waals surface area contributed by atoms with Crippen LogP contribution in [0.25, 0.3) is 58.4 Å². The van der Waals surface area contributed by atoms with Crippen LogP contribution in [0.2, 0.25) is 0 Å². The first-order valence-electron chi connectivity index (χ1n) is 15.7. The number of anilines is 1. The predicted molar refractivity (Wildman–Crippen MR) is 197 cm³/mol. The fraction of sp³-hybridized carbons (Fsp3) is 0.0238. The van der Waals surface area contributed by atoms with Gasteiger partial charge in [0.05, 0.1) is 38.9 Å². The Morgan fingerprint density at radius 1 is 0.565 bits per heavy atom. The molecule has 46 heavy (non-hydrogen) atoms. The van der Waals surface area contributed by atoms with E-state index in [1.807, 2.05) is 17.4 Å². The molecular formula is C42H27N3S. The largest absolute Gasteiger partial charge is 0.371 e. The SMILES string of the molecule is c1ccc(C2=Nc3ccccc3NC2c2ccc(-n3c4ccccc4c4c5ccccc5c5c6ccccc6sc5c43)cc2)cc1. The maximum Gasteiger partial charge on any atom is 0.0947 e. The lowest BCUT2D eigenvalue weighted by Crippen LogP contribution is -2.24. The van der Waals surface area contributed by atoms with E-state index in [1.165, 1.54) is 58.3 Å². The molecule has 3 nitrogen and oxygen atoms in total. The van der Waals surface area contributed by atoms with Crippen molar-refractivity contribution in [2.45, 2.75) is 6.04 Å². The standard InChI is InChI=1S/C42H27N3S/c1-2-12-26(13-3-1)39-40(44-34-19-9-8-18-33(34)43-39)27-22-24-28(25-23-27)45-35-20-10-6-16-31(35)37-29-14-4-5-15-30(29)38-32-17-7-11-21-36(32)46-42(38)41(37)45/h1-25,40,44H. The number of nitrogens with zero attached hydrogens (tertiary/aromatic N) is 2. The van der Waals surface area contributed by atoms with Gasteiger partial charge in [-0.1, -0.05) is 115 Å². The molecule has 0 saturated carbocycles. The highest BCUT2D eigenvalue weighted by atomic mass is 32.1. The summed E-state index contributed by atoms with van der Waals surface area (Å²) in [5, 5.41) is 11.7. The first kappa shape index (κ1) is 25.6. The maximum absolute atomic E-state index is 5.16. The van der Waals surface area contributed by atoms with E-state index in [0.717, 1.165) is 28.3 Å². The van der Waals surface area contributed by atoms with Gasteiger partial charge in [-0.3, -0.25) is 0 Å². The minimum atomic E-state index is -0.0669. The summed E-state index contributed by atoms with van der Waals surface area (Å²) in [6.45, 7) is 0. The Morgan fingerprint density at radius 3 is 2.04 bits per heavy atom. The van der Waals surface area contributed by atoms with Gasteiger partial charge >= 0.3 is 0 Å². The number of rotatable bonds is 3. The molecular weight excluding hydrogens is 579 g/mol. The monoisotopic (exact) mass is 605 g/mol. The van der Waals surface area contributed by atoms with E-state index in [2.05, 4.69) is 155 Å². The molecule has 7 aromatic carbocycles. The highest BCUT2D eigenvalue weighted by molar-refractivity contribution is 7.27. The second-order valence-corrected chi connectivity index (χ2v) is 13.0. The van der Waals surface area contributed by atoms with E-state index < -0.39 is 0 Å². The van der Waals surface area contributed by atoms with Crippen LogP contribution in [0.4, 0.5) is 11.4 Å². The van der Waals surface area contributed by atoms with Crippen molar-refractivity contribution in [3.8, 4) is 5.69 Å². The molecule has 3 heterocycles. The van der Waals surface area contributed by atoms with Gasteiger partial charge in [0.2, 0.25) is 0 Å². The first-order chi connectivity index (χ1) is 22.8. The second-order valence-electron chi connectivity index (χ2n) is 12.0. The quantitative estimate of drug-likeness (QED) is 0.213. The minimum Gasteiger partial charge on any atom is -0.371 e. The van der Waals surface area contributed by atoms with E-state index >= 15 is 0 Å². The molecule has 1 aliphatic heterocycles. The average molecular weight is 606 g/mol. The average Bonchev–Trinajstić information content (AvgIpc) is 3.69. The molecule has 0 spiro atoms. The second kappa shape index (κ2) is 9.90. The molecule has 0 fully saturated rings. The molecule has 2 aromatic heterocycles. The zero-order valence-electron chi connectivity index (χ0n) is 24.8. The number of aliphatic imine (C=N–C) groups is 1.